The van der Waals surface area contributed by atoms with Gasteiger partial charge in [0, 0.05) is 8.95 Å². The van der Waals surface area contributed by atoms with E-state index in [9.17, 15) is 9.59 Å². The smallest absolute Gasteiger partial charge is 0.266 e. The van der Waals surface area contributed by atoms with Crippen LogP contribution in [0.4, 0.5) is 5.69 Å². The van der Waals surface area contributed by atoms with E-state index < -0.39 is 0 Å². The Morgan fingerprint density at radius 3 is 2.26 bits per heavy atom. The molecule has 2 amide bonds. The van der Waals surface area contributed by atoms with Crippen molar-refractivity contribution < 1.29 is 9.59 Å². The van der Waals surface area contributed by atoms with Gasteiger partial charge in [0.2, 0.25) is 0 Å². The van der Waals surface area contributed by atoms with Gasteiger partial charge in [0.1, 0.15) is 0 Å². The Morgan fingerprint density at radius 2 is 1.53 bits per heavy atom. The molecule has 0 aromatic heterocycles. The summed E-state index contributed by atoms with van der Waals surface area (Å²) in [4.78, 5) is 25.9. The third kappa shape index (κ3) is 1.93. The van der Waals surface area contributed by atoms with Gasteiger partial charge in [-0.3, -0.25) is 9.59 Å². The van der Waals surface area contributed by atoms with Crippen molar-refractivity contribution in [2.24, 2.45) is 0 Å². The van der Waals surface area contributed by atoms with Crippen LogP contribution in [0.3, 0.4) is 0 Å². The molecule has 0 fully saturated rings. The van der Waals surface area contributed by atoms with Crippen molar-refractivity contribution in [3.05, 3.63) is 62.5 Å². The molecular weight excluding hydrogens is 374 g/mol. The fraction of sp³-hybridized carbons (Fsp3) is 0. The number of anilines is 1. The minimum atomic E-state index is -0.298. The monoisotopic (exact) mass is 379 g/mol. The van der Waals surface area contributed by atoms with Crippen LogP contribution in [0.25, 0.3) is 0 Å². The molecule has 94 valence electrons. The lowest BCUT2D eigenvalue weighted by Gasteiger charge is -2.15. The average Bonchev–Trinajstić information content (AvgIpc) is 2.63. The second-order valence-electron chi connectivity index (χ2n) is 4.09. The number of amides is 2. The minimum absolute atomic E-state index is 0.292. The number of rotatable bonds is 1. The molecule has 0 saturated carbocycles. The molecule has 0 aliphatic carbocycles. The maximum atomic E-state index is 12.4. The first-order valence-corrected chi connectivity index (χ1v) is 7.11. The van der Waals surface area contributed by atoms with Crippen molar-refractivity contribution in [2.75, 3.05) is 4.90 Å². The molecule has 1 aliphatic heterocycles. The minimum Gasteiger partial charge on any atom is -0.268 e. The molecule has 0 bridgehead atoms. The van der Waals surface area contributed by atoms with E-state index >= 15 is 0 Å². The second-order valence-corrected chi connectivity index (χ2v) is 5.86. The molecule has 0 N–H and O–H groups in total. The molecule has 19 heavy (non-hydrogen) atoms. The maximum absolute atomic E-state index is 12.4. The lowest BCUT2D eigenvalue weighted by atomic mass is 10.1. The van der Waals surface area contributed by atoms with Gasteiger partial charge in [-0.05, 0) is 46.3 Å². The molecule has 2 aromatic carbocycles. The summed E-state index contributed by atoms with van der Waals surface area (Å²) in [5, 5.41) is 0. The van der Waals surface area contributed by atoms with Crippen LogP contribution in [-0.4, -0.2) is 11.8 Å². The van der Waals surface area contributed by atoms with Crippen LogP contribution in [0.15, 0.2) is 51.4 Å². The summed E-state index contributed by atoms with van der Waals surface area (Å²) in [6, 6.07) is 12.3. The molecule has 1 aliphatic rings. The molecule has 0 radical (unpaired) electrons. The average molecular weight is 381 g/mol. The van der Waals surface area contributed by atoms with Gasteiger partial charge in [-0.25, -0.2) is 4.90 Å². The highest BCUT2D eigenvalue weighted by Crippen LogP contribution is 2.34. The summed E-state index contributed by atoms with van der Waals surface area (Å²) in [7, 11) is 0. The van der Waals surface area contributed by atoms with Gasteiger partial charge in [-0.1, -0.05) is 28.1 Å². The number of benzene rings is 2. The maximum Gasteiger partial charge on any atom is 0.266 e. The molecule has 0 atom stereocenters. The van der Waals surface area contributed by atoms with Gasteiger partial charge < -0.3 is 0 Å². The predicted molar refractivity (Wildman–Crippen MR) is 79.4 cm³/mol. The highest BCUT2D eigenvalue weighted by Gasteiger charge is 2.37. The van der Waals surface area contributed by atoms with Crippen LogP contribution in [0.1, 0.15) is 20.7 Å². The molecule has 0 unspecified atom stereocenters. The van der Waals surface area contributed by atoms with Crippen molar-refractivity contribution in [1.82, 2.24) is 0 Å². The van der Waals surface area contributed by atoms with Gasteiger partial charge >= 0.3 is 0 Å². The first-order chi connectivity index (χ1) is 9.09. The Bertz CT molecular complexity index is 712. The first-order valence-electron chi connectivity index (χ1n) is 5.52. The lowest BCUT2D eigenvalue weighted by molar-refractivity contribution is 0.0926. The van der Waals surface area contributed by atoms with E-state index in [1.165, 1.54) is 4.90 Å². The molecular formula is C14H7Br2NO2. The van der Waals surface area contributed by atoms with E-state index in [1.807, 2.05) is 6.07 Å². The van der Waals surface area contributed by atoms with E-state index in [0.29, 0.717) is 21.3 Å². The molecule has 0 spiro atoms. The number of fused-ring (bicyclic) bond motifs is 1. The summed E-state index contributed by atoms with van der Waals surface area (Å²) in [5.41, 5.74) is 1.42. The standard InChI is InChI=1S/C14H7Br2NO2/c15-8-5-6-9-10(7-8)14(19)17(13(9)18)12-4-2-1-3-11(12)16/h1-7H. The third-order valence-corrected chi connectivity index (χ3v) is 4.11. The molecule has 3 rings (SSSR count). The van der Waals surface area contributed by atoms with Gasteiger partial charge in [0.25, 0.3) is 11.8 Å². The SMILES string of the molecule is O=C1c2ccc(Br)cc2C(=O)N1c1ccccc1Br. The number of hydrogen-bond donors (Lipinski definition) is 0. The Labute approximate surface area is 126 Å². The van der Waals surface area contributed by atoms with Crippen LogP contribution in [-0.2, 0) is 0 Å². The molecule has 5 heteroatoms. The normalized spacial score (nSPS) is 13.9. The summed E-state index contributed by atoms with van der Waals surface area (Å²) < 4.78 is 1.49. The topological polar surface area (TPSA) is 37.4 Å². The number of nitrogens with zero attached hydrogens (tertiary/aromatic N) is 1. The summed E-state index contributed by atoms with van der Waals surface area (Å²) >= 11 is 6.68. The Morgan fingerprint density at radius 1 is 0.842 bits per heavy atom. The van der Waals surface area contributed by atoms with Crippen molar-refractivity contribution in [2.45, 2.75) is 0 Å². The van der Waals surface area contributed by atoms with E-state index in [0.717, 1.165) is 4.47 Å². The number of carbonyl (C=O) groups is 2. The Balaban J connectivity index is 2.16. The van der Waals surface area contributed by atoms with Crippen LogP contribution in [0.5, 0.6) is 0 Å². The summed E-state index contributed by atoms with van der Waals surface area (Å²) in [6.45, 7) is 0. The van der Waals surface area contributed by atoms with Crippen LogP contribution < -0.4 is 4.90 Å². The van der Waals surface area contributed by atoms with E-state index in [4.69, 9.17) is 0 Å². The Hall–Kier alpha value is -1.46. The number of para-hydroxylation sites is 1. The Kier molecular flexibility index (Phi) is 3.03. The van der Waals surface area contributed by atoms with Gasteiger partial charge in [-0.15, -0.1) is 0 Å². The largest absolute Gasteiger partial charge is 0.268 e. The highest BCUT2D eigenvalue weighted by atomic mass is 79.9. The lowest BCUT2D eigenvalue weighted by Crippen LogP contribution is -2.29. The van der Waals surface area contributed by atoms with Crippen molar-refractivity contribution in [3.63, 3.8) is 0 Å². The van der Waals surface area contributed by atoms with Crippen molar-refractivity contribution in [3.8, 4) is 0 Å². The predicted octanol–water partition coefficient (Wildman–Crippen LogP) is 4.01. The highest BCUT2D eigenvalue weighted by molar-refractivity contribution is 9.10. The summed E-state index contributed by atoms with van der Waals surface area (Å²) in [5.74, 6) is -0.590. The number of hydrogen-bond acceptors (Lipinski definition) is 2. The third-order valence-electron chi connectivity index (χ3n) is 2.94. The van der Waals surface area contributed by atoms with Gasteiger partial charge in [-0.2, -0.15) is 0 Å². The molecule has 3 nitrogen and oxygen atoms in total. The van der Waals surface area contributed by atoms with Gasteiger partial charge in [0.05, 0.1) is 16.8 Å². The zero-order valence-corrected chi connectivity index (χ0v) is 12.7. The molecule has 2 aromatic rings. The molecule has 0 saturated heterocycles. The summed E-state index contributed by atoms with van der Waals surface area (Å²) in [6.07, 6.45) is 0. The quantitative estimate of drug-likeness (QED) is 0.701. The van der Waals surface area contributed by atoms with E-state index in [2.05, 4.69) is 31.9 Å². The zero-order chi connectivity index (χ0) is 13.6. The number of carbonyl (C=O) groups excluding carboxylic acids is 2. The van der Waals surface area contributed by atoms with Crippen LogP contribution >= 0.6 is 31.9 Å². The number of halogens is 2. The van der Waals surface area contributed by atoms with E-state index in [1.54, 1.807) is 36.4 Å². The van der Waals surface area contributed by atoms with Crippen LogP contribution in [0, 0.1) is 0 Å². The fourth-order valence-corrected chi connectivity index (χ4v) is 2.89. The van der Waals surface area contributed by atoms with Crippen LogP contribution in [0.2, 0.25) is 0 Å². The fourth-order valence-electron chi connectivity index (χ4n) is 2.06. The molecule has 1 heterocycles. The van der Waals surface area contributed by atoms with Gasteiger partial charge in [0.15, 0.2) is 0 Å². The van der Waals surface area contributed by atoms with Crippen molar-refractivity contribution >= 4 is 49.4 Å². The van der Waals surface area contributed by atoms with E-state index in [-0.39, 0.29) is 11.8 Å². The first kappa shape index (κ1) is 12.6. The zero-order valence-electron chi connectivity index (χ0n) is 9.56. The van der Waals surface area contributed by atoms with Crippen molar-refractivity contribution in [1.29, 1.82) is 0 Å². The second kappa shape index (κ2) is 4.58. The number of imide groups is 1.